The first-order chi connectivity index (χ1) is 9.02. The number of allylic oxidation sites excluding steroid dienone is 1. The lowest BCUT2D eigenvalue weighted by Crippen LogP contribution is -2.30. The molecule has 0 atom stereocenters. The van der Waals surface area contributed by atoms with Crippen molar-refractivity contribution >= 4 is 5.97 Å². The number of carboxylic acids is 1. The molecule has 0 spiro atoms. The summed E-state index contributed by atoms with van der Waals surface area (Å²) in [4.78, 5) is 22.1. The molecule has 0 aliphatic heterocycles. The molecular formula is C16H30O4. The molecule has 20 heavy (non-hydrogen) atoms. The lowest BCUT2D eigenvalue weighted by Gasteiger charge is -2.31. The van der Waals surface area contributed by atoms with Gasteiger partial charge in [0.2, 0.25) is 0 Å². The topological polar surface area (TPSA) is 55.8 Å². The van der Waals surface area contributed by atoms with Crippen LogP contribution in [0.15, 0.2) is 11.3 Å². The summed E-state index contributed by atoms with van der Waals surface area (Å²) < 4.78 is 0. The molecule has 0 heterocycles. The summed E-state index contributed by atoms with van der Waals surface area (Å²) in [5.41, 5.74) is -0.0605. The molecule has 4 nitrogen and oxygen atoms in total. The molecule has 118 valence electrons. The zero-order chi connectivity index (χ0) is 16.0. The van der Waals surface area contributed by atoms with Gasteiger partial charge in [-0.15, -0.1) is 0 Å². The summed E-state index contributed by atoms with van der Waals surface area (Å²) in [7, 11) is 0. The van der Waals surface area contributed by atoms with Crippen molar-refractivity contribution in [1.82, 2.24) is 0 Å². The first kappa shape index (κ1) is 19.0. The molecule has 0 rings (SSSR count). The molecule has 0 aromatic heterocycles. The minimum Gasteiger partial charge on any atom is -0.478 e. The molecule has 0 amide bonds. The smallest absolute Gasteiger partial charge is 0.335 e. The van der Waals surface area contributed by atoms with Gasteiger partial charge < -0.3 is 9.99 Å². The van der Waals surface area contributed by atoms with Gasteiger partial charge in [0.15, 0.2) is 5.76 Å². The maximum absolute atomic E-state index is 11.2. The quantitative estimate of drug-likeness (QED) is 0.304. The fourth-order valence-corrected chi connectivity index (χ4v) is 2.41. The zero-order valence-corrected chi connectivity index (χ0v) is 14.0. The third kappa shape index (κ3) is 7.53. The van der Waals surface area contributed by atoms with Gasteiger partial charge in [0.05, 0.1) is 5.57 Å². The van der Waals surface area contributed by atoms with Crippen LogP contribution in [0.25, 0.3) is 0 Å². The largest absolute Gasteiger partial charge is 0.478 e. The van der Waals surface area contributed by atoms with E-state index in [-0.39, 0.29) is 5.41 Å². The van der Waals surface area contributed by atoms with Gasteiger partial charge in [-0.1, -0.05) is 34.6 Å². The molecule has 0 aromatic rings. The van der Waals surface area contributed by atoms with Gasteiger partial charge >= 0.3 is 5.97 Å². The highest BCUT2D eigenvalue weighted by atomic mass is 17.2. The molecule has 0 bridgehead atoms. The van der Waals surface area contributed by atoms with Crippen molar-refractivity contribution in [3.63, 3.8) is 0 Å². The van der Waals surface area contributed by atoms with Crippen molar-refractivity contribution in [3.05, 3.63) is 11.3 Å². The predicted molar refractivity (Wildman–Crippen MR) is 80.2 cm³/mol. The second-order valence-electron chi connectivity index (χ2n) is 6.97. The highest BCUT2D eigenvalue weighted by Gasteiger charge is 2.29. The normalized spacial score (nSPS) is 13.9. The van der Waals surface area contributed by atoms with E-state index in [1.54, 1.807) is 0 Å². The zero-order valence-electron chi connectivity index (χ0n) is 14.0. The molecule has 0 unspecified atom stereocenters. The maximum atomic E-state index is 11.2. The van der Waals surface area contributed by atoms with Gasteiger partial charge in [-0.2, -0.15) is 4.89 Å². The number of carbonyl (C=O) groups is 1. The summed E-state index contributed by atoms with van der Waals surface area (Å²) in [5, 5.41) is 9.19. The SMILES string of the molecule is CCCC(OOC(C)(C)CC(C)(C)C)=C(CC)C(=O)O. The highest BCUT2D eigenvalue weighted by molar-refractivity contribution is 5.87. The molecule has 0 saturated heterocycles. The number of hydrogen-bond acceptors (Lipinski definition) is 3. The number of aliphatic carboxylic acids is 1. The van der Waals surface area contributed by atoms with Crippen molar-refractivity contribution in [2.75, 3.05) is 0 Å². The summed E-state index contributed by atoms with van der Waals surface area (Å²) in [5.74, 6) is -0.502. The van der Waals surface area contributed by atoms with Crippen LogP contribution in [-0.2, 0) is 14.6 Å². The van der Waals surface area contributed by atoms with Crippen LogP contribution < -0.4 is 0 Å². The summed E-state index contributed by atoms with van der Waals surface area (Å²) in [6, 6.07) is 0. The van der Waals surface area contributed by atoms with Crippen LogP contribution in [-0.4, -0.2) is 16.7 Å². The third-order valence-electron chi connectivity index (χ3n) is 2.75. The Morgan fingerprint density at radius 2 is 1.65 bits per heavy atom. The van der Waals surface area contributed by atoms with Crippen LogP contribution >= 0.6 is 0 Å². The molecule has 0 aromatic carbocycles. The molecule has 0 radical (unpaired) electrons. The van der Waals surface area contributed by atoms with E-state index >= 15 is 0 Å². The van der Waals surface area contributed by atoms with E-state index in [2.05, 4.69) is 20.8 Å². The first-order valence-electron chi connectivity index (χ1n) is 7.33. The predicted octanol–water partition coefficient (Wildman–Crippen LogP) is 4.70. The monoisotopic (exact) mass is 286 g/mol. The second kappa shape index (κ2) is 7.67. The van der Waals surface area contributed by atoms with E-state index in [0.717, 1.165) is 12.8 Å². The number of hydrogen-bond donors (Lipinski definition) is 1. The average Bonchev–Trinajstić information content (AvgIpc) is 2.23. The molecule has 0 aliphatic carbocycles. The Balaban J connectivity index is 4.91. The number of rotatable bonds is 8. The lowest BCUT2D eigenvalue weighted by atomic mass is 9.84. The van der Waals surface area contributed by atoms with Crippen LogP contribution in [0.5, 0.6) is 0 Å². The van der Waals surface area contributed by atoms with Crippen LogP contribution in [0.3, 0.4) is 0 Å². The standard InChI is InChI=1S/C16H30O4/c1-8-10-13(12(9-2)14(17)18)19-20-16(6,7)11-15(3,4)5/h8-11H2,1-7H3,(H,17,18). The highest BCUT2D eigenvalue weighted by Crippen LogP contribution is 2.31. The van der Waals surface area contributed by atoms with Crippen molar-refractivity contribution in [2.45, 2.75) is 79.8 Å². The van der Waals surface area contributed by atoms with Gasteiger partial charge in [-0.3, -0.25) is 0 Å². The molecule has 0 fully saturated rings. The van der Waals surface area contributed by atoms with Crippen LogP contribution in [0.1, 0.15) is 74.1 Å². The fraction of sp³-hybridized carbons (Fsp3) is 0.812. The minimum atomic E-state index is -0.937. The lowest BCUT2D eigenvalue weighted by molar-refractivity contribution is -0.334. The third-order valence-corrected chi connectivity index (χ3v) is 2.75. The van der Waals surface area contributed by atoms with E-state index in [1.807, 2.05) is 27.7 Å². The van der Waals surface area contributed by atoms with Crippen LogP contribution in [0.4, 0.5) is 0 Å². The van der Waals surface area contributed by atoms with Crippen molar-refractivity contribution in [3.8, 4) is 0 Å². The van der Waals surface area contributed by atoms with Gasteiger partial charge in [-0.25, -0.2) is 4.79 Å². The van der Waals surface area contributed by atoms with Gasteiger partial charge in [-0.05, 0) is 38.5 Å². The minimum absolute atomic E-state index is 0.113. The van der Waals surface area contributed by atoms with Gasteiger partial charge in [0.25, 0.3) is 0 Å². The van der Waals surface area contributed by atoms with Crippen LogP contribution in [0.2, 0.25) is 0 Å². The summed E-state index contributed by atoms with van der Waals surface area (Å²) >= 11 is 0. The van der Waals surface area contributed by atoms with Crippen molar-refractivity contribution in [2.24, 2.45) is 5.41 Å². The van der Waals surface area contributed by atoms with Crippen molar-refractivity contribution < 1.29 is 19.7 Å². The van der Waals surface area contributed by atoms with E-state index in [0.29, 0.717) is 24.2 Å². The van der Waals surface area contributed by atoms with E-state index in [9.17, 15) is 9.90 Å². The average molecular weight is 286 g/mol. The molecule has 1 N–H and O–H groups in total. The summed E-state index contributed by atoms with van der Waals surface area (Å²) in [6.07, 6.45) is 2.62. The molecule has 4 heteroatoms. The van der Waals surface area contributed by atoms with Gasteiger partial charge in [0.1, 0.15) is 5.60 Å². The Hall–Kier alpha value is -1.03. The Morgan fingerprint density at radius 3 is 2.00 bits per heavy atom. The number of carboxylic acid groups (broad SMARTS) is 1. The molecule has 0 saturated carbocycles. The summed E-state index contributed by atoms with van der Waals surface area (Å²) in [6.45, 7) is 14.1. The first-order valence-corrected chi connectivity index (χ1v) is 7.33. The maximum Gasteiger partial charge on any atom is 0.335 e. The Kier molecular flexibility index (Phi) is 7.28. The van der Waals surface area contributed by atoms with E-state index < -0.39 is 11.6 Å². The fourth-order valence-electron chi connectivity index (χ4n) is 2.41. The van der Waals surface area contributed by atoms with E-state index in [4.69, 9.17) is 9.78 Å². The Bertz CT molecular complexity index is 348. The molecule has 0 aliphatic rings. The van der Waals surface area contributed by atoms with Crippen LogP contribution in [0, 0.1) is 5.41 Å². The second-order valence-corrected chi connectivity index (χ2v) is 6.97. The Morgan fingerprint density at radius 1 is 1.10 bits per heavy atom. The Labute approximate surface area is 123 Å². The van der Waals surface area contributed by atoms with Gasteiger partial charge in [0, 0.05) is 6.42 Å². The van der Waals surface area contributed by atoms with E-state index in [1.165, 1.54) is 0 Å². The van der Waals surface area contributed by atoms with Crippen molar-refractivity contribution in [1.29, 1.82) is 0 Å². The molecular weight excluding hydrogens is 256 g/mol.